The lowest BCUT2D eigenvalue weighted by atomic mass is 9.94. The van der Waals surface area contributed by atoms with Gasteiger partial charge in [-0.15, -0.1) is 0 Å². The number of hydrogen-bond acceptors (Lipinski definition) is 5. The summed E-state index contributed by atoms with van der Waals surface area (Å²) in [5.74, 6) is 1.61. The Balaban J connectivity index is 1.20. The standard InChI is InChI=1S/C28H40N4O/c1-22-7-2-5-11-27(22)28-29-17-24(18-30-28)20-31(21-26-10-6-16-33-26)19-23-12-14-32(15-13-23)25-8-3-4-9-25/h2,5,7,11,17-18,23,25-26H,3-4,6,8-10,12-16,19-21H2,1H3. The van der Waals surface area contributed by atoms with Crippen LogP contribution in [0.25, 0.3) is 11.4 Å². The Bertz CT molecular complexity index is 866. The van der Waals surface area contributed by atoms with Gasteiger partial charge >= 0.3 is 0 Å². The van der Waals surface area contributed by atoms with Gasteiger partial charge in [-0.05, 0) is 70.0 Å². The number of benzene rings is 1. The SMILES string of the molecule is Cc1ccccc1-c1ncc(CN(CC2CCN(C3CCCC3)CC2)CC2CCCO2)cn1. The van der Waals surface area contributed by atoms with Crippen LogP contribution in [-0.2, 0) is 11.3 Å². The number of nitrogens with zero attached hydrogens (tertiary/aromatic N) is 4. The van der Waals surface area contributed by atoms with Crippen LogP contribution in [0.2, 0.25) is 0 Å². The van der Waals surface area contributed by atoms with Crippen LogP contribution in [-0.4, -0.2) is 64.7 Å². The van der Waals surface area contributed by atoms with Crippen molar-refractivity contribution in [3.8, 4) is 11.4 Å². The van der Waals surface area contributed by atoms with Gasteiger partial charge in [0, 0.05) is 55.8 Å². The van der Waals surface area contributed by atoms with Gasteiger partial charge in [-0.1, -0.05) is 37.1 Å². The maximum absolute atomic E-state index is 6.00. The van der Waals surface area contributed by atoms with Crippen LogP contribution < -0.4 is 0 Å². The van der Waals surface area contributed by atoms with Gasteiger partial charge in [-0.25, -0.2) is 9.97 Å². The molecule has 0 radical (unpaired) electrons. The van der Waals surface area contributed by atoms with E-state index < -0.39 is 0 Å². The minimum Gasteiger partial charge on any atom is -0.377 e. The van der Waals surface area contributed by atoms with Crippen LogP contribution in [0, 0.1) is 12.8 Å². The van der Waals surface area contributed by atoms with E-state index >= 15 is 0 Å². The van der Waals surface area contributed by atoms with Crippen LogP contribution >= 0.6 is 0 Å². The van der Waals surface area contributed by atoms with E-state index in [0.29, 0.717) is 6.10 Å². The van der Waals surface area contributed by atoms with E-state index in [2.05, 4.69) is 41.0 Å². The summed E-state index contributed by atoms with van der Waals surface area (Å²) in [4.78, 5) is 14.8. The third-order valence-electron chi connectivity index (χ3n) is 7.99. The smallest absolute Gasteiger partial charge is 0.159 e. The summed E-state index contributed by atoms with van der Waals surface area (Å²) in [6.07, 6.45) is 15.2. The highest BCUT2D eigenvalue weighted by Gasteiger charge is 2.29. The highest BCUT2D eigenvalue weighted by atomic mass is 16.5. The molecule has 1 aromatic carbocycles. The Morgan fingerprint density at radius 2 is 1.70 bits per heavy atom. The fraction of sp³-hybridized carbons (Fsp3) is 0.643. The molecule has 1 saturated carbocycles. The lowest BCUT2D eigenvalue weighted by Crippen LogP contribution is -2.43. The zero-order chi connectivity index (χ0) is 22.5. The summed E-state index contributed by atoms with van der Waals surface area (Å²) in [5.41, 5.74) is 3.54. The number of likely N-dealkylation sites (tertiary alicyclic amines) is 1. The first-order chi connectivity index (χ1) is 16.2. The zero-order valence-electron chi connectivity index (χ0n) is 20.3. The van der Waals surface area contributed by atoms with Crippen molar-refractivity contribution in [1.82, 2.24) is 19.8 Å². The van der Waals surface area contributed by atoms with Gasteiger partial charge in [-0.2, -0.15) is 0 Å². The van der Waals surface area contributed by atoms with Crippen molar-refractivity contribution in [3.63, 3.8) is 0 Å². The molecule has 1 unspecified atom stereocenters. The third kappa shape index (κ3) is 6.00. The Morgan fingerprint density at radius 3 is 2.39 bits per heavy atom. The molecular formula is C28H40N4O. The highest BCUT2D eigenvalue weighted by molar-refractivity contribution is 5.59. The average molecular weight is 449 g/mol. The quantitative estimate of drug-likeness (QED) is 0.563. The molecule has 5 rings (SSSR count). The van der Waals surface area contributed by atoms with E-state index in [1.807, 2.05) is 12.4 Å². The topological polar surface area (TPSA) is 41.5 Å². The first-order valence-electron chi connectivity index (χ1n) is 13.2. The van der Waals surface area contributed by atoms with E-state index in [0.717, 1.165) is 49.6 Å². The molecule has 5 nitrogen and oxygen atoms in total. The van der Waals surface area contributed by atoms with Crippen LogP contribution in [0.4, 0.5) is 0 Å². The fourth-order valence-corrected chi connectivity index (χ4v) is 6.07. The molecule has 0 spiro atoms. The van der Waals surface area contributed by atoms with Crippen molar-refractivity contribution in [2.24, 2.45) is 5.92 Å². The lowest BCUT2D eigenvalue weighted by molar-refractivity contribution is 0.0539. The molecule has 0 bridgehead atoms. The van der Waals surface area contributed by atoms with Crippen LogP contribution in [0.15, 0.2) is 36.7 Å². The van der Waals surface area contributed by atoms with Gasteiger partial charge in [0.1, 0.15) is 0 Å². The minimum absolute atomic E-state index is 0.385. The molecular weight excluding hydrogens is 408 g/mol. The van der Waals surface area contributed by atoms with Gasteiger partial charge in [-0.3, -0.25) is 4.90 Å². The minimum atomic E-state index is 0.385. The average Bonchev–Trinajstić information content (AvgIpc) is 3.55. The van der Waals surface area contributed by atoms with Crippen molar-refractivity contribution in [2.75, 3.05) is 32.8 Å². The molecule has 33 heavy (non-hydrogen) atoms. The number of hydrogen-bond donors (Lipinski definition) is 0. The van der Waals surface area contributed by atoms with E-state index in [-0.39, 0.29) is 0 Å². The molecule has 5 heteroatoms. The molecule has 178 valence electrons. The Hall–Kier alpha value is -1.82. The molecule has 1 aliphatic carbocycles. The Morgan fingerprint density at radius 1 is 0.939 bits per heavy atom. The number of ether oxygens (including phenoxy) is 1. The van der Waals surface area contributed by atoms with Gasteiger partial charge in [0.25, 0.3) is 0 Å². The monoisotopic (exact) mass is 448 g/mol. The molecule has 2 aromatic rings. The second-order valence-corrected chi connectivity index (χ2v) is 10.5. The summed E-state index contributed by atoms with van der Waals surface area (Å²) < 4.78 is 6.00. The number of aryl methyl sites for hydroxylation is 1. The summed E-state index contributed by atoms with van der Waals surface area (Å²) in [6, 6.07) is 9.22. The van der Waals surface area contributed by atoms with E-state index in [9.17, 15) is 0 Å². The summed E-state index contributed by atoms with van der Waals surface area (Å²) >= 11 is 0. The first kappa shape index (κ1) is 22.9. The van der Waals surface area contributed by atoms with Crippen LogP contribution in [0.1, 0.15) is 62.5 Å². The molecule has 3 heterocycles. The summed E-state index contributed by atoms with van der Waals surface area (Å²) in [6.45, 7) is 8.73. The predicted molar refractivity (Wildman–Crippen MR) is 133 cm³/mol. The maximum atomic E-state index is 6.00. The number of aromatic nitrogens is 2. The van der Waals surface area contributed by atoms with Crippen molar-refractivity contribution >= 4 is 0 Å². The summed E-state index contributed by atoms with van der Waals surface area (Å²) in [5, 5.41) is 0. The second-order valence-electron chi connectivity index (χ2n) is 10.5. The highest BCUT2D eigenvalue weighted by Crippen LogP contribution is 2.29. The zero-order valence-corrected chi connectivity index (χ0v) is 20.3. The van der Waals surface area contributed by atoms with Gasteiger partial charge in [0.05, 0.1) is 6.10 Å². The summed E-state index contributed by atoms with van der Waals surface area (Å²) in [7, 11) is 0. The molecule has 0 N–H and O–H groups in total. The number of rotatable bonds is 8. The largest absolute Gasteiger partial charge is 0.377 e. The maximum Gasteiger partial charge on any atom is 0.159 e. The Kier molecular flexibility index (Phi) is 7.70. The number of piperidine rings is 1. The van der Waals surface area contributed by atoms with Gasteiger partial charge in [0.2, 0.25) is 0 Å². The van der Waals surface area contributed by atoms with Crippen LogP contribution in [0.5, 0.6) is 0 Å². The van der Waals surface area contributed by atoms with E-state index in [1.165, 1.54) is 75.6 Å². The fourth-order valence-electron chi connectivity index (χ4n) is 6.07. The predicted octanol–water partition coefficient (Wildman–Crippen LogP) is 5.09. The van der Waals surface area contributed by atoms with Gasteiger partial charge < -0.3 is 9.64 Å². The molecule has 1 aromatic heterocycles. The molecule has 2 aliphatic heterocycles. The van der Waals surface area contributed by atoms with Crippen molar-refractivity contribution in [3.05, 3.63) is 47.8 Å². The van der Waals surface area contributed by atoms with Crippen molar-refractivity contribution in [2.45, 2.75) is 77.0 Å². The van der Waals surface area contributed by atoms with Crippen LogP contribution in [0.3, 0.4) is 0 Å². The lowest BCUT2D eigenvalue weighted by Gasteiger charge is -2.38. The van der Waals surface area contributed by atoms with Gasteiger partial charge in [0.15, 0.2) is 5.82 Å². The molecule has 3 aliphatic rings. The van der Waals surface area contributed by atoms with Crippen molar-refractivity contribution in [1.29, 1.82) is 0 Å². The Labute approximate surface area is 199 Å². The second kappa shape index (κ2) is 11.1. The first-order valence-corrected chi connectivity index (χ1v) is 13.2. The van der Waals surface area contributed by atoms with E-state index in [1.54, 1.807) is 0 Å². The molecule has 2 saturated heterocycles. The van der Waals surface area contributed by atoms with Crippen molar-refractivity contribution < 1.29 is 4.74 Å². The van der Waals surface area contributed by atoms with E-state index in [4.69, 9.17) is 14.7 Å². The molecule has 1 atom stereocenters. The molecule has 3 fully saturated rings. The molecule has 0 amide bonds. The normalized spacial score (nSPS) is 23.0. The third-order valence-corrected chi connectivity index (χ3v) is 7.99.